The molecule has 2 heterocycles. The van der Waals surface area contributed by atoms with Crippen LogP contribution in [-0.2, 0) is 12.3 Å². The van der Waals surface area contributed by atoms with Crippen molar-refractivity contribution in [1.82, 2.24) is 4.57 Å². The molecule has 0 fully saturated rings. The van der Waals surface area contributed by atoms with Crippen LogP contribution in [0.4, 0.5) is 0 Å². The first kappa shape index (κ1) is 10.7. The second-order valence-corrected chi connectivity index (χ2v) is 4.40. The predicted molar refractivity (Wildman–Crippen MR) is 69.6 cm³/mol. The van der Waals surface area contributed by atoms with E-state index >= 15 is 0 Å². The van der Waals surface area contributed by atoms with Crippen molar-refractivity contribution in [3.63, 3.8) is 0 Å². The molecule has 1 aliphatic rings. The van der Waals surface area contributed by atoms with Gasteiger partial charge in [0.05, 0.1) is 5.52 Å². The Labute approximate surface area is 99.6 Å². The first-order valence-electron chi connectivity index (χ1n) is 4.78. The van der Waals surface area contributed by atoms with E-state index in [1.165, 1.54) is 16.5 Å². The monoisotopic (exact) mass is 237 g/mol. The molecule has 0 unspecified atom stereocenters. The molecule has 2 aromatic rings. The number of para-hydroxylation sites is 1. The molecule has 0 aliphatic carbocycles. The molecular formula is C12H12ClNS. The standard InChI is InChI=1S/C12H11NS.ClH/c1-3-10-5-7-13-6-2-8-14-9-11(4-1)12(10)13;/h1-5,7-8H,6,9H2;1H/b8-2-;. The van der Waals surface area contributed by atoms with E-state index in [4.69, 9.17) is 0 Å². The Morgan fingerprint density at radius 1 is 1.20 bits per heavy atom. The number of hydrogen-bond acceptors (Lipinski definition) is 1. The maximum atomic E-state index is 2.32. The van der Waals surface area contributed by atoms with Crippen LogP contribution in [0.2, 0.25) is 0 Å². The zero-order valence-electron chi connectivity index (χ0n) is 8.22. The summed E-state index contributed by atoms with van der Waals surface area (Å²) in [6, 6.07) is 8.76. The van der Waals surface area contributed by atoms with Crippen molar-refractivity contribution in [2.75, 3.05) is 0 Å². The van der Waals surface area contributed by atoms with Crippen LogP contribution in [0.3, 0.4) is 0 Å². The molecule has 0 saturated carbocycles. The van der Waals surface area contributed by atoms with E-state index < -0.39 is 0 Å². The minimum absolute atomic E-state index is 0. The summed E-state index contributed by atoms with van der Waals surface area (Å²) in [7, 11) is 0. The summed E-state index contributed by atoms with van der Waals surface area (Å²) in [6.07, 6.45) is 4.40. The number of thioether (sulfide) groups is 1. The first-order chi connectivity index (χ1) is 6.95. The molecule has 0 radical (unpaired) electrons. The third kappa shape index (κ3) is 1.80. The highest BCUT2D eigenvalue weighted by molar-refractivity contribution is 8.01. The fraction of sp³-hybridized carbons (Fsp3) is 0.167. The van der Waals surface area contributed by atoms with Crippen LogP contribution in [0.25, 0.3) is 10.9 Å². The summed E-state index contributed by atoms with van der Waals surface area (Å²) in [4.78, 5) is 0. The smallest absolute Gasteiger partial charge is 0.0524 e. The lowest BCUT2D eigenvalue weighted by molar-refractivity contribution is 0.860. The number of rotatable bonds is 0. The number of benzene rings is 1. The van der Waals surface area contributed by atoms with Crippen molar-refractivity contribution in [2.24, 2.45) is 0 Å². The maximum Gasteiger partial charge on any atom is 0.0524 e. The Morgan fingerprint density at radius 2 is 2.13 bits per heavy atom. The fourth-order valence-corrected chi connectivity index (χ4v) is 2.70. The average Bonchev–Trinajstić information content (AvgIpc) is 2.57. The highest BCUT2D eigenvalue weighted by Crippen LogP contribution is 2.26. The Morgan fingerprint density at radius 3 is 3.07 bits per heavy atom. The Kier molecular flexibility index (Phi) is 3.08. The minimum atomic E-state index is 0. The zero-order chi connectivity index (χ0) is 9.38. The van der Waals surface area contributed by atoms with Gasteiger partial charge in [0.1, 0.15) is 0 Å². The molecule has 15 heavy (non-hydrogen) atoms. The van der Waals surface area contributed by atoms with Crippen molar-refractivity contribution in [1.29, 1.82) is 0 Å². The fourth-order valence-electron chi connectivity index (χ4n) is 1.97. The molecule has 0 bridgehead atoms. The van der Waals surface area contributed by atoms with Gasteiger partial charge in [-0.25, -0.2) is 0 Å². The molecule has 1 aromatic carbocycles. The van der Waals surface area contributed by atoms with Crippen LogP contribution in [0.5, 0.6) is 0 Å². The summed E-state index contributed by atoms with van der Waals surface area (Å²) >= 11 is 1.88. The summed E-state index contributed by atoms with van der Waals surface area (Å²) < 4.78 is 2.32. The maximum absolute atomic E-state index is 2.32. The zero-order valence-corrected chi connectivity index (χ0v) is 9.85. The normalized spacial score (nSPS) is 16.5. The SMILES string of the molecule is C1=C\SCc2cccc3ccn(c23)C/1.Cl. The molecule has 1 aromatic heterocycles. The molecule has 0 N–H and O–H groups in total. The number of aromatic nitrogens is 1. The highest BCUT2D eigenvalue weighted by atomic mass is 35.5. The Balaban J connectivity index is 0.000000853. The number of halogens is 1. The summed E-state index contributed by atoms with van der Waals surface area (Å²) in [5.41, 5.74) is 2.85. The number of allylic oxidation sites excluding steroid dienone is 1. The van der Waals surface area contributed by atoms with Gasteiger partial charge in [-0.3, -0.25) is 0 Å². The van der Waals surface area contributed by atoms with Gasteiger partial charge in [-0.1, -0.05) is 24.3 Å². The van der Waals surface area contributed by atoms with E-state index in [0.29, 0.717) is 0 Å². The molecular weight excluding hydrogens is 226 g/mol. The second kappa shape index (κ2) is 4.33. The molecule has 3 rings (SSSR count). The van der Waals surface area contributed by atoms with E-state index in [-0.39, 0.29) is 12.4 Å². The molecule has 78 valence electrons. The van der Waals surface area contributed by atoms with Gasteiger partial charge in [-0.05, 0) is 22.4 Å². The summed E-state index contributed by atoms with van der Waals surface area (Å²) in [5.74, 6) is 1.08. The largest absolute Gasteiger partial charge is 0.343 e. The third-order valence-electron chi connectivity index (χ3n) is 2.61. The molecule has 0 amide bonds. The van der Waals surface area contributed by atoms with Crippen molar-refractivity contribution < 1.29 is 0 Å². The van der Waals surface area contributed by atoms with Crippen LogP contribution < -0.4 is 0 Å². The molecule has 3 heteroatoms. The lowest BCUT2D eigenvalue weighted by Gasteiger charge is -2.09. The van der Waals surface area contributed by atoms with Gasteiger partial charge < -0.3 is 4.57 Å². The van der Waals surface area contributed by atoms with Gasteiger partial charge in [-0.2, -0.15) is 0 Å². The van der Waals surface area contributed by atoms with E-state index in [1.54, 1.807) is 0 Å². The van der Waals surface area contributed by atoms with Gasteiger partial charge in [-0.15, -0.1) is 24.2 Å². The topological polar surface area (TPSA) is 4.93 Å². The van der Waals surface area contributed by atoms with Crippen LogP contribution in [0.1, 0.15) is 5.56 Å². The van der Waals surface area contributed by atoms with Crippen molar-refractivity contribution in [2.45, 2.75) is 12.3 Å². The number of hydrogen-bond donors (Lipinski definition) is 0. The summed E-state index contributed by atoms with van der Waals surface area (Å²) in [6.45, 7) is 0.994. The lowest BCUT2D eigenvalue weighted by Crippen LogP contribution is -1.97. The van der Waals surface area contributed by atoms with Gasteiger partial charge >= 0.3 is 0 Å². The summed E-state index contributed by atoms with van der Waals surface area (Å²) in [5, 5.41) is 3.56. The van der Waals surface area contributed by atoms with Crippen molar-refractivity contribution in [3.8, 4) is 0 Å². The van der Waals surface area contributed by atoms with Crippen LogP contribution >= 0.6 is 24.2 Å². The van der Waals surface area contributed by atoms with Gasteiger partial charge in [0.2, 0.25) is 0 Å². The molecule has 1 aliphatic heterocycles. The van der Waals surface area contributed by atoms with Crippen LogP contribution in [-0.4, -0.2) is 4.57 Å². The third-order valence-corrected chi connectivity index (χ3v) is 3.47. The van der Waals surface area contributed by atoms with Crippen molar-refractivity contribution >= 4 is 35.1 Å². The van der Waals surface area contributed by atoms with Gasteiger partial charge in [0, 0.05) is 18.5 Å². The molecule has 0 saturated heterocycles. The molecule has 1 nitrogen and oxygen atoms in total. The van der Waals surface area contributed by atoms with E-state index in [1.807, 2.05) is 11.8 Å². The van der Waals surface area contributed by atoms with Crippen molar-refractivity contribution in [3.05, 3.63) is 47.5 Å². The Bertz CT molecular complexity index is 501. The first-order valence-corrected chi connectivity index (χ1v) is 5.83. The highest BCUT2D eigenvalue weighted by Gasteiger charge is 2.06. The van der Waals surface area contributed by atoms with Crippen LogP contribution in [0.15, 0.2) is 41.9 Å². The lowest BCUT2D eigenvalue weighted by atomic mass is 10.2. The quantitative estimate of drug-likeness (QED) is 0.674. The van der Waals surface area contributed by atoms with E-state index in [2.05, 4.69) is 46.5 Å². The van der Waals surface area contributed by atoms with Gasteiger partial charge in [0.25, 0.3) is 0 Å². The number of nitrogens with zero attached hydrogens (tertiary/aromatic N) is 1. The average molecular weight is 238 g/mol. The Hall–Kier alpha value is -0.860. The predicted octanol–water partition coefficient (Wildman–Crippen LogP) is 3.82. The van der Waals surface area contributed by atoms with E-state index in [0.717, 1.165) is 12.3 Å². The van der Waals surface area contributed by atoms with Gasteiger partial charge in [0.15, 0.2) is 0 Å². The molecule has 0 spiro atoms. The second-order valence-electron chi connectivity index (χ2n) is 3.51. The van der Waals surface area contributed by atoms with E-state index in [9.17, 15) is 0 Å². The molecule has 0 atom stereocenters. The minimum Gasteiger partial charge on any atom is -0.343 e. The van der Waals surface area contributed by atoms with Crippen LogP contribution in [0, 0.1) is 0 Å².